The molecule has 104 valence electrons. The van der Waals surface area contributed by atoms with E-state index in [0.717, 1.165) is 5.56 Å². The van der Waals surface area contributed by atoms with Gasteiger partial charge in [-0.3, -0.25) is 14.3 Å². The summed E-state index contributed by atoms with van der Waals surface area (Å²) in [6.45, 7) is 5.22. The monoisotopic (exact) mass is 271 g/mol. The summed E-state index contributed by atoms with van der Waals surface area (Å²) in [6, 6.07) is 6.43. The third kappa shape index (κ3) is 3.12. The number of carbonyl (C=O) groups is 2. The van der Waals surface area contributed by atoms with E-state index in [2.05, 4.69) is 10.4 Å². The van der Waals surface area contributed by atoms with Gasteiger partial charge < -0.3 is 5.32 Å². The average Bonchev–Trinajstić information content (AvgIpc) is 2.85. The van der Waals surface area contributed by atoms with Gasteiger partial charge in [-0.25, -0.2) is 0 Å². The maximum absolute atomic E-state index is 12.1. The second kappa shape index (κ2) is 5.69. The Morgan fingerprint density at radius 1 is 1.25 bits per heavy atom. The van der Waals surface area contributed by atoms with Crippen molar-refractivity contribution in [3.63, 3.8) is 0 Å². The van der Waals surface area contributed by atoms with Crippen LogP contribution in [-0.4, -0.2) is 21.5 Å². The predicted molar refractivity (Wildman–Crippen MR) is 76.8 cm³/mol. The Kier molecular flexibility index (Phi) is 3.98. The third-order valence-corrected chi connectivity index (χ3v) is 3.07. The summed E-state index contributed by atoms with van der Waals surface area (Å²) in [5, 5.41) is 6.93. The summed E-state index contributed by atoms with van der Waals surface area (Å²) in [5.41, 5.74) is 2.30. The molecule has 5 heteroatoms. The van der Waals surface area contributed by atoms with Gasteiger partial charge >= 0.3 is 0 Å². The van der Waals surface area contributed by atoms with Crippen LogP contribution in [-0.2, 0) is 4.79 Å². The van der Waals surface area contributed by atoms with Gasteiger partial charge in [-0.1, -0.05) is 0 Å². The first-order valence-corrected chi connectivity index (χ1v) is 6.40. The molecule has 1 heterocycles. The predicted octanol–water partition coefficient (Wildman–Crippen LogP) is 2.59. The second-order valence-electron chi connectivity index (χ2n) is 4.80. The Morgan fingerprint density at radius 3 is 2.40 bits per heavy atom. The standard InChI is InChI=1S/C15H17N3O2/c1-10-8-16-18(9-10)11(2)15(20)17-14-6-4-13(5-7-14)12(3)19/h4-9,11H,1-3H3,(H,17,20). The number of aryl methyl sites for hydroxylation is 1. The van der Waals surface area contributed by atoms with Crippen molar-refractivity contribution in [3.05, 3.63) is 47.8 Å². The highest BCUT2D eigenvalue weighted by Gasteiger charge is 2.15. The number of Topliss-reactive ketones (excluding diaryl/α,β-unsaturated/α-hetero) is 1. The van der Waals surface area contributed by atoms with Gasteiger partial charge in [0.2, 0.25) is 5.91 Å². The zero-order valence-electron chi connectivity index (χ0n) is 11.8. The minimum absolute atomic E-state index is 0.00302. The first-order chi connectivity index (χ1) is 9.47. The molecular formula is C15H17N3O2. The zero-order chi connectivity index (χ0) is 14.7. The first-order valence-electron chi connectivity index (χ1n) is 6.40. The van der Waals surface area contributed by atoms with E-state index in [-0.39, 0.29) is 11.7 Å². The van der Waals surface area contributed by atoms with Gasteiger partial charge in [0.05, 0.1) is 6.20 Å². The number of ketones is 1. The van der Waals surface area contributed by atoms with E-state index >= 15 is 0 Å². The lowest BCUT2D eigenvalue weighted by atomic mass is 10.1. The number of benzene rings is 1. The van der Waals surface area contributed by atoms with E-state index in [1.165, 1.54) is 6.92 Å². The van der Waals surface area contributed by atoms with Crippen molar-refractivity contribution in [2.45, 2.75) is 26.8 Å². The molecule has 1 amide bonds. The zero-order valence-corrected chi connectivity index (χ0v) is 11.8. The lowest BCUT2D eigenvalue weighted by Crippen LogP contribution is -2.24. The fraction of sp³-hybridized carbons (Fsp3) is 0.267. The van der Waals surface area contributed by atoms with Crippen molar-refractivity contribution < 1.29 is 9.59 Å². The minimum Gasteiger partial charge on any atom is -0.324 e. The van der Waals surface area contributed by atoms with Crippen LogP contribution in [0, 0.1) is 6.92 Å². The Bertz CT molecular complexity index is 629. The summed E-state index contributed by atoms with van der Waals surface area (Å²) in [4.78, 5) is 23.3. The normalized spacial score (nSPS) is 11.9. The van der Waals surface area contributed by atoms with Crippen LogP contribution in [0.25, 0.3) is 0 Å². The molecule has 1 aromatic carbocycles. The highest BCUT2D eigenvalue weighted by molar-refractivity contribution is 5.96. The highest BCUT2D eigenvalue weighted by Crippen LogP contribution is 2.13. The number of rotatable bonds is 4. The lowest BCUT2D eigenvalue weighted by molar-refractivity contribution is -0.119. The van der Waals surface area contributed by atoms with Crippen molar-refractivity contribution in [3.8, 4) is 0 Å². The van der Waals surface area contributed by atoms with Gasteiger partial charge in [-0.15, -0.1) is 0 Å². The maximum atomic E-state index is 12.1. The smallest absolute Gasteiger partial charge is 0.248 e. The highest BCUT2D eigenvalue weighted by atomic mass is 16.2. The maximum Gasteiger partial charge on any atom is 0.248 e. The van der Waals surface area contributed by atoms with E-state index in [1.807, 2.05) is 13.1 Å². The summed E-state index contributed by atoms with van der Waals surface area (Å²) < 4.78 is 1.62. The molecule has 0 aliphatic rings. The largest absolute Gasteiger partial charge is 0.324 e. The van der Waals surface area contributed by atoms with Crippen molar-refractivity contribution in [2.75, 3.05) is 5.32 Å². The van der Waals surface area contributed by atoms with Crippen molar-refractivity contribution in [2.24, 2.45) is 0 Å². The second-order valence-corrected chi connectivity index (χ2v) is 4.80. The van der Waals surface area contributed by atoms with E-state index in [9.17, 15) is 9.59 Å². The number of aromatic nitrogens is 2. The molecule has 0 spiro atoms. The Labute approximate surface area is 117 Å². The number of hydrogen-bond acceptors (Lipinski definition) is 3. The number of carbonyl (C=O) groups excluding carboxylic acids is 2. The Morgan fingerprint density at radius 2 is 1.90 bits per heavy atom. The molecule has 1 aromatic heterocycles. The number of hydrogen-bond donors (Lipinski definition) is 1. The van der Waals surface area contributed by atoms with Crippen LogP contribution in [0.15, 0.2) is 36.7 Å². The van der Waals surface area contributed by atoms with Crippen molar-refractivity contribution >= 4 is 17.4 Å². The summed E-state index contributed by atoms with van der Waals surface area (Å²) in [5.74, 6) is -0.146. The van der Waals surface area contributed by atoms with Crippen molar-refractivity contribution in [1.82, 2.24) is 9.78 Å². The molecule has 0 aliphatic heterocycles. The van der Waals surface area contributed by atoms with Crippen LogP contribution < -0.4 is 5.32 Å². The molecule has 0 bridgehead atoms. The molecule has 2 aromatic rings. The van der Waals surface area contributed by atoms with E-state index in [1.54, 1.807) is 42.1 Å². The minimum atomic E-state index is -0.392. The quantitative estimate of drug-likeness (QED) is 0.869. The molecule has 5 nitrogen and oxygen atoms in total. The molecule has 0 fully saturated rings. The van der Waals surface area contributed by atoms with Gasteiger partial charge in [0.15, 0.2) is 5.78 Å². The fourth-order valence-electron chi connectivity index (χ4n) is 1.80. The lowest BCUT2D eigenvalue weighted by Gasteiger charge is -2.12. The summed E-state index contributed by atoms with van der Waals surface area (Å²) in [6.07, 6.45) is 3.54. The summed E-state index contributed by atoms with van der Waals surface area (Å²) >= 11 is 0. The van der Waals surface area contributed by atoms with Crippen molar-refractivity contribution in [1.29, 1.82) is 0 Å². The Balaban J connectivity index is 2.05. The fourth-order valence-corrected chi connectivity index (χ4v) is 1.80. The molecule has 0 radical (unpaired) electrons. The summed E-state index contributed by atoms with van der Waals surface area (Å²) in [7, 11) is 0. The molecular weight excluding hydrogens is 254 g/mol. The molecule has 0 aliphatic carbocycles. The first kappa shape index (κ1) is 14.0. The molecule has 2 rings (SSSR count). The number of amides is 1. The van der Waals surface area contributed by atoms with Gasteiger partial charge in [0, 0.05) is 17.4 Å². The molecule has 1 N–H and O–H groups in total. The Hall–Kier alpha value is -2.43. The van der Waals surface area contributed by atoms with Crippen LogP contribution in [0.2, 0.25) is 0 Å². The van der Waals surface area contributed by atoms with Crippen LogP contribution in [0.1, 0.15) is 35.8 Å². The van der Waals surface area contributed by atoms with Crippen LogP contribution in [0.4, 0.5) is 5.69 Å². The van der Waals surface area contributed by atoms with E-state index in [0.29, 0.717) is 11.3 Å². The van der Waals surface area contributed by atoms with E-state index in [4.69, 9.17) is 0 Å². The van der Waals surface area contributed by atoms with Gasteiger partial charge in [0.1, 0.15) is 6.04 Å². The average molecular weight is 271 g/mol. The number of nitrogens with one attached hydrogen (secondary N) is 1. The molecule has 1 atom stereocenters. The molecule has 0 saturated carbocycles. The van der Waals surface area contributed by atoms with Gasteiger partial charge in [-0.05, 0) is 50.6 Å². The van der Waals surface area contributed by atoms with Crippen LogP contribution in [0.3, 0.4) is 0 Å². The van der Waals surface area contributed by atoms with Crippen LogP contribution >= 0.6 is 0 Å². The SMILES string of the molecule is CC(=O)c1ccc(NC(=O)C(C)n2cc(C)cn2)cc1. The number of nitrogens with zero attached hydrogens (tertiary/aromatic N) is 2. The molecule has 1 unspecified atom stereocenters. The molecule has 20 heavy (non-hydrogen) atoms. The molecule has 0 saturated heterocycles. The third-order valence-electron chi connectivity index (χ3n) is 3.07. The number of anilines is 1. The van der Waals surface area contributed by atoms with E-state index < -0.39 is 6.04 Å². The van der Waals surface area contributed by atoms with Gasteiger partial charge in [-0.2, -0.15) is 5.10 Å². The topological polar surface area (TPSA) is 64.0 Å². The van der Waals surface area contributed by atoms with Crippen LogP contribution in [0.5, 0.6) is 0 Å². The van der Waals surface area contributed by atoms with Gasteiger partial charge in [0.25, 0.3) is 0 Å².